The van der Waals surface area contributed by atoms with E-state index in [-0.39, 0.29) is 0 Å². The monoisotopic (exact) mass is 402 g/mol. The highest BCUT2D eigenvalue weighted by Gasteiger charge is 2.13. The quantitative estimate of drug-likeness (QED) is 0.479. The molecule has 1 aromatic carbocycles. The van der Waals surface area contributed by atoms with E-state index in [0.29, 0.717) is 11.8 Å². The number of anilines is 1. The molecule has 0 saturated heterocycles. The fraction of sp³-hybridized carbons (Fsp3) is 0.357. The van der Waals surface area contributed by atoms with Crippen LogP contribution in [0, 0.1) is 11.8 Å². The van der Waals surface area contributed by atoms with Crippen LogP contribution in [0.25, 0.3) is 5.57 Å². The van der Waals surface area contributed by atoms with Gasteiger partial charge in [-0.25, -0.2) is 0 Å². The van der Waals surface area contributed by atoms with Gasteiger partial charge in [-0.3, -0.25) is 0 Å². The summed E-state index contributed by atoms with van der Waals surface area (Å²) >= 11 is 0. The van der Waals surface area contributed by atoms with E-state index in [9.17, 15) is 0 Å². The van der Waals surface area contributed by atoms with Crippen molar-refractivity contribution in [3.63, 3.8) is 0 Å². The molecule has 1 aliphatic carbocycles. The van der Waals surface area contributed by atoms with Gasteiger partial charge in [-0.05, 0) is 72.8 Å². The van der Waals surface area contributed by atoms with Crippen molar-refractivity contribution in [1.82, 2.24) is 4.90 Å². The largest absolute Gasteiger partial charge is 0.378 e. The van der Waals surface area contributed by atoms with E-state index in [0.717, 1.165) is 6.54 Å². The Bertz CT molecular complexity index is 854. The van der Waals surface area contributed by atoms with Crippen LogP contribution in [0.2, 0.25) is 0 Å². The van der Waals surface area contributed by atoms with Crippen molar-refractivity contribution < 1.29 is 0 Å². The van der Waals surface area contributed by atoms with Crippen LogP contribution in [0.5, 0.6) is 0 Å². The Labute approximate surface area is 184 Å². The van der Waals surface area contributed by atoms with Crippen LogP contribution in [0.3, 0.4) is 0 Å². The van der Waals surface area contributed by atoms with Gasteiger partial charge in [0.2, 0.25) is 0 Å². The van der Waals surface area contributed by atoms with Crippen LogP contribution < -0.4 is 4.90 Å². The molecule has 160 valence electrons. The standard InChI is InChI=1S/C28H38N2/c1-9-24(20-29(5)6)13-10-23(4)28(25-14-11-21(2)22(3)12-15-25)26-16-18-27(19-17-26)30(7)8/h9-19,21-22H,1,20H2,2-8H3. The molecule has 0 bridgehead atoms. The number of likely N-dealkylation sites (N-methyl/N-ethyl adjacent to an activating group) is 1. The van der Waals surface area contributed by atoms with Gasteiger partial charge in [0.25, 0.3) is 0 Å². The normalized spacial score (nSPS) is 19.8. The Morgan fingerprint density at radius 3 is 1.97 bits per heavy atom. The Balaban J connectivity index is 2.59. The Morgan fingerprint density at radius 2 is 1.50 bits per heavy atom. The zero-order valence-electron chi connectivity index (χ0n) is 19.8. The van der Waals surface area contributed by atoms with E-state index in [4.69, 9.17) is 0 Å². The van der Waals surface area contributed by atoms with Crippen LogP contribution in [0.4, 0.5) is 5.69 Å². The van der Waals surface area contributed by atoms with E-state index in [1.54, 1.807) is 0 Å². The molecule has 30 heavy (non-hydrogen) atoms. The van der Waals surface area contributed by atoms with Crippen molar-refractivity contribution in [3.05, 3.63) is 95.7 Å². The van der Waals surface area contributed by atoms with Gasteiger partial charge in [0.05, 0.1) is 0 Å². The fourth-order valence-corrected chi connectivity index (χ4v) is 3.50. The molecule has 0 heterocycles. The molecule has 2 heteroatoms. The van der Waals surface area contributed by atoms with E-state index in [2.05, 4.69) is 126 Å². The molecule has 2 atom stereocenters. The minimum Gasteiger partial charge on any atom is -0.378 e. The summed E-state index contributed by atoms with van der Waals surface area (Å²) in [5.74, 6) is 1.07. The van der Waals surface area contributed by atoms with E-state index < -0.39 is 0 Å². The molecule has 0 aromatic heterocycles. The SMILES string of the molecule is C=CC(=CC=C(C)C(=C1C=CC(C)C(C)C=C1)c1ccc(N(C)C)cc1)CN(C)C. The zero-order chi connectivity index (χ0) is 22.3. The number of allylic oxidation sites excluding steroid dienone is 9. The molecule has 2 rings (SSSR count). The van der Waals surface area contributed by atoms with Crippen LogP contribution in [0.15, 0.2) is 90.1 Å². The van der Waals surface area contributed by atoms with E-state index in [1.807, 2.05) is 6.08 Å². The van der Waals surface area contributed by atoms with Gasteiger partial charge in [0.15, 0.2) is 0 Å². The van der Waals surface area contributed by atoms with E-state index >= 15 is 0 Å². The first-order chi connectivity index (χ1) is 14.2. The summed E-state index contributed by atoms with van der Waals surface area (Å²) in [5, 5.41) is 0. The Kier molecular flexibility index (Phi) is 8.68. The van der Waals surface area contributed by atoms with Gasteiger partial charge in [-0.1, -0.05) is 75.1 Å². The second-order valence-corrected chi connectivity index (χ2v) is 8.74. The first-order valence-electron chi connectivity index (χ1n) is 10.8. The Morgan fingerprint density at radius 1 is 0.933 bits per heavy atom. The van der Waals surface area contributed by atoms with Crippen molar-refractivity contribution in [3.8, 4) is 0 Å². The van der Waals surface area contributed by atoms with Crippen molar-refractivity contribution >= 4 is 11.3 Å². The highest BCUT2D eigenvalue weighted by Crippen LogP contribution is 2.32. The van der Waals surface area contributed by atoms with Crippen LogP contribution in [0.1, 0.15) is 26.3 Å². The lowest BCUT2D eigenvalue weighted by molar-refractivity contribution is 0.449. The minimum atomic E-state index is 0.535. The second-order valence-electron chi connectivity index (χ2n) is 8.74. The Hall–Kier alpha value is -2.58. The lowest BCUT2D eigenvalue weighted by Gasteiger charge is -2.16. The van der Waals surface area contributed by atoms with Crippen LogP contribution in [-0.2, 0) is 0 Å². The highest BCUT2D eigenvalue weighted by molar-refractivity contribution is 5.85. The van der Waals surface area contributed by atoms with Crippen molar-refractivity contribution in [2.75, 3.05) is 39.6 Å². The first-order valence-corrected chi connectivity index (χ1v) is 10.8. The average molecular weight is 403 g/mol. The summed E-state index contributed by atoms with van der Waals surface area (Å²) in [4.78, 5) is 4.30. The molecular weight excluding hydrogens is 364 g/mol. The van der Waals surface area contributed by atoms with Gasteiger partial charge in [-0.15, -0.1) is 0 Å². The number of rotatable bonds is 7. The molecule has 0 radical (unpaired) electrons. The third kappa shape index (κ3) is 6.47. The fourth-order valence-electron chi connectivity index (χ4n) is 3.50. The van der Waals surface area contributed by atoms with Gasteiger partial charge in [-0.2, -0.15) is 0 Å². The molecule has 0 saturated carbocycles. The minimum absolute atomic E-state index is 0.535. The molecule has 1 aromatic rings. The molecule has 0 spiro atoms. The van der Waals surface area contributed by atoms with Gasteiger partial charge in [0, 0.05) is 26.3 Å². The summed E-state index contributed by atoms with van der Waals surface area (Å²) in [7, 11) is 8.31. The average Bonchev–Trinajstić information content (AvgIpc) is 2.87. The molecule has 2 nitrogen and oxygen atoms in total. The van der Waals surface area contributed by atoms with Gasteiger partial charge in [0.1, 0.15) is 0 Å². The lowest BCUT2D eigenvalue weighted by Crippen LogP contribution is -2.14. The molecule has 1 aliphatic rings. The molecule has 0 N–H and O–H groups in total. The summed E-state index contributed by atoms with van der Waals surface area (Å²) in [6.07, 6.45) is 15.6. The summed E-state index contributed by atoms with van der Waals surface area (Å²) in [5.41, 5.74) is 7.44. The maximum absolute atomic E-state index is 3.98. The third-order valence-corrected chi connectivity index (χ3v) is 5.65. The van der Waals surface area contributed by atoms with Crippen molar-refractivity contribution in [2.24, 2.45) is 11.8 Å². The zero-order valence-corrected chi connectivity index (χ0v) is 19.8. The maximum atomic E-state index is 3.98. The van der Waals surface area contributed by atoms with Gasteiger partial charge < -0.3 is 9.80 Å². The summed E-state index contributed by atoms with van der Waals surface area (Å²) in [6, 6.07) is 8.84. The third-order valence-electron chi connectivity index (χ3n) is 5.65. The first kappa shape index (κ1) is 23.7. The summed E-state index contributed by atoms with van der Waals surface area (Å²) in [6.45, 7) is 11.6. The molecule has 0 amide bonds. The predicted molar refractivity (Wildman–Crippen MR) is 135 cm³/mol. The van der Waals surface area contributed by atoms with Crippen LogP contribution >= 0.6 is 0 Å². The molecule has 0 fully saturated rings. The smallest absolute Gasteiger partial charge is 0.0361 e. The van der Waals surface area contributed by atoms with Crippen molar-refractivity contribution in [2.45, 2.75) is 20.8 Å². The molecular formula is C28H38N2. The topological polar surface area (TPSA) is 6.48 Å². The number of hydrogen-bond acceptors (Lipinski definition) is 2. The number of benzene rings is 1. The predicted octanol–water partition coefficient (Wildman–Crippen LogP) is 6.52. The summed E-state index contributed by atoms with van der Waals surface area (Å²) < 4.78 is 0. The lowest BCUT2D eigenvalue weighted by atomic mass is 9.92. The van der Waals surface area contributed by atoms with Crippen molar-refractivity contribution in [1.29, 1.82) is 0 Å². The molecule has 2 unspecified atom stereocenters. The highest BCUT2D eigenvalue weighted by atomic mass is 15.1. The maximum Gasteiger partial charge on any atom is 0.0361 e. The number of hydrogen-bond donors (Lipinski definition) is 0. The second kappa shape index (κ2) is 11.0. The number of nitrogens with zero attached hydrogens (tertiary/aromatic N) is 2. The van der Waals surface area contributed by atoms with Crippen LogP contribution in [-0.4, -0.2) is 39.6 Å². The van der Waals surface area contributed by atoms with Gasteiger partial charge >= 0.3 is 0 Å². The van der Waals surface area contributed by atoms with E-state index in [1.165, 1.54) is 33.5 Å². The molecule has 0 aliphatic heterocycles.